The summed E-state index contributed by atoms with van der Waals surface area (Å²) in [5, 5.41) is 9.58. The molecule has 0 amide bonds. The van der Waals surface area contributed by atoms with E-state index in [1.54, 1.807) is 6.08 Å². The van der Waals surface area contributed by atoms with E-state index in [-0.39, 0.29) is 12.1 Å². The molecule has 0 fully saturated rings. The molecule has 4 nitrogen and oxygen atoms in total. The standard InChI is InChI=1S/C35H64O4/c1-3-5-7-9-11-13-15-17-19-21-23-27-31(28-24-22-20-18-16-14-12-10-8-6-4-2)39-35(38)33-30-26-25-29-32(33)34(36)37/h26,30-33H,3-25,27-29H2,1-2H3,(H,36,37). The first-order valence-electron chi connectivity index (χ1n) is 17.2. The van der Waals surface area contributed by atoms with E-state index in [1.807, 2.05) is 6.08 Å². The topological polar surface area (TPSA) is 63.6 Å². The van der Waals surface area contributed by atoms with Gasteiger partial charge in [-0.15, -0.1) is 0 Å². The van der Waals surface area contributed by atoms with Crippen LogP contribution in [0.15, 0.2) is 12.2 Å². The summed E-state index contributed by atoms with van der Waals surface area (Å²) in [6.45, 7) is 4.53. The van der Waals surface area contributed by atoms with E-state index in [0.29, 0.717) is 6.42 Å². The summed E-state index contributed by atoms with van der Waals surface area (Å²) < 4.78 is 6.00. The largest absolute Gasteiger partial charge is 0.481 e. The van der Waals surface area contributed by atoms with Crippen molar-refractivity contribution in [1.82, 2.24) is 0 Å². The van der Waals surface area contributed by atoms with E-state index < -0.39 is 17.8 Å². The van der Waals surface area contributed by atoms with Crippen LogP contribution in [0, 0.1) is 11.8 Å². The fourth-order valence-corrected chi connectivity index (χ4v) is 5.93. The third-order valence-electron chi connectivity index (χ3n) is 8.55. The molecular formula is C35H64O4. The van der Waals surface area contributed by atoms with Crippen molar-refractivity contribution in [1.29, 1.82) is 0 Å². The highest BCUT2D eigenvalue weighted by Crippen LogP contribution is 2.28. The van der Waals surface area contributed by atoms with Crippen LogP contribution in [0.3, 0.4) is 0 Å². The Labute approximate surface area is 242 Å². The molecule has 1 N–H and O–H groups in total. The molecule has 1 rings (SSSR count). The lowest BCUT2D eigenvalue weighted by molar-refractivity contribution is -0.160. The summed E-state index contributed by atoms with van der Waals surface area (Å²) in [7, 11) is 0. The fourth-order valence-electron chi connectivity index (χ4n) is 5.93. The molecule has 0 aliphatic heterocycles. The summed E-state index contributed by atoms with van der Waals surface area (Å²) in [4.78, 5) is 24.7. The van der Waals surface area contributed by atoms with E-state index >= 15 is 0 Å². The Morgan fingerprint density at radius 3 is 1.44 bits per heavy atom. The van der Waals surface area contributed by atoms with Gasteiger partial charge in [-0.3, -0.25) is 9.59 Å². The zero-order valence-electron chi connectivity index (χ0n) is 25.9. The predicted octanol–water partition coefficient (Wildman–Crippen LogP) is 11.0. The second kappa shape index (κ2) is 25.6. The normalized spacial score (nSPS) is 17.1. The maximum absolute atomic E-state index is 13.0. The van der Waals surface area contributed by atoms with Gasteiger partial charge in [0.15, 0.2) is 0 Å². The van der Waals surface area contributed by atoms with Gasteiger partial charge in [0.05, 0.1) is 11.8 Å². The van der Waals surface area contributed by atoms with Crippen molar-refractivity contribution in [3.05, 3.63) is 12.2 Å². The van der Waals surface area contributed by atoms with E-state index in [1.165, 1.54) is 128 Å². The Morgan fingerprint density at radius 2 is 1.05 bits per heavy atom. The first-order chi connectivity index (χ1) is 19.1. The Balaban J connectivity index is 2.32. The molecule has 0 saturated heterocycles. The average Bonchev–Trinajstić information content (AvgIpc) is 2.94. The molecule has 0 heterocycles. The number of carbonyl (C=O) groups is 2. The van der Waals surface area contributed by atoms with Crippen molar-refractivity contribution in [3.63, 3.8) is 0 Å². The quantitative estimate of drug-likeness (QED) is 0.0630. The maximum Gasteiger partial charge on any atom is 0.313 e. The highest BCUT2D eigenvalue weighted by atomic mass is 16.5. The first-order valence-corrected chi connectivity index (χ1v) is 17.2. The molecule has 0 radical (unpaired) electrons. The number of rotatable bonds is 27. The van der Waals surface area contributed by atoms with E-state index in [4.69, 9.17) is 4.74 Å². The second-order valence-electron chi connectivity index (χ2n) is 12.2. The minimum Gasteiger partial charge on any atom is -0.481 e. The van der Waals surface area contributed by atoms with Gasteiger partial charge in [-0.05, 0) is 38.5 Å². The van der Waals surface area contributed by atoms with E-state index in [9.17, 15) is 14.7 Å². The molecular weight excluding hydrogens is 484 g/mol. The lowest BCUT2D eigenvalue weighted by Crippen LogP contribution is -2.33. The molecule has 0 bridgehead atoms. The van der Waals surface area contributed by atoms with Gasteiger partial charge < -0.3 is 9.84 Å². The van der Waals surface area contributed by atoms with Gasteiger partial charge in [-0.25, -0.2) is 0 Å². The molecule has 2 unspecified atom stereocenters. The average molecular weight is 549 g/mol. The number of unbranched alkanes of at least 4 members (excludes halogenated alkanes) is 20. The molecule has 0 spiro atoms. The van der Waals surface area contributed by atoms with Crippen molar-refractivity contribution in [3.8, 4) is 0 Å². The number of aliphatic carboxylic acids is 1. The molecule has 228 valence electrons. The van der Waals surface area contributed by atoms with Crippen LogP contribution in [0.5, 0.6) is 0 Å². The third kappa shape index (κ3) is 19.4. The van der Waals surface area contributed by atoms with Crippen LogP contribution in [-0.4, -0.2) is 23.1 Å². The van der Waals surface area contributed by atoms with Crippen LogP contribution in [0.2, 0.25) is 0 Å². The van der Waals surface area contributed by atoms with Gasteiger partial charge in [-0.2, -0.15) is 0 Å². The highest BCUT2D eigenvalue weighted by molar-refractivity contribution is 5.83. The lowest BCUT2D eigenvalue weighted by Gasteiger charge is -2.26. The van der Waals surface area contributed by atoms with E-state index in [0.717, 1.165) is 32.1 Å². The molecule has 2 atom stereocenters. The summed E-state index contributed by atoms with van der Waals surface area (Å²) in [6, 6.07) is 0. The van der Waals surface area contributed by atoms with Crippen molar-refractivity contribution < 1.29 is 19.4 Å². The Morgan fingerprint density at radius 1 is 0.667 bits per heavy atom. The molecule has 0 aromatic rings. The van der Waals surface area contributed by atoms with Gasteiger partial charge in [0.1, 0.15) is 6.10 Å². The Kier molecular flexibility index (Phi) is 23.5. The van der Waals surface area contributed by atoms with Crippen molar-refractivity contribution >= 4 is 11.9 Å². The minimum atomic E-state index is -0.881. The monoisotopic (exact) mass is 548 g/mol. The number of carboxylic acids is 1. The van der Waals surface area contributed by atoms with Crippen molar-refractivity contribution in [2.75, 3.05) is 0 Å². The van der Waals surface area contributed by atoms with Gasteiger partial charge in [-0.1, -0.05) is 154 Å². The molecule has 0 saturated carbocycles. The number of allylic oxidation sites excluding steroid dienone is 1. The van der Waals surface area contributed by atoms with Crippen LogP contribution in [-0.2, 0) is 14.3 Å². The van der Waals surface area contributed by atoms with Crippen molar-refractivity contribution in [2.45, 2.75) is 187 Å². The third-order valence-corrected chi connectivity index (χ3v) is 8.55. The van der Waals surface area contributed by atoms with Crippen LogP contribution < -0.4 is 0 Å². The lowest BCUT2D eigenvalue weighted by atomic mass is 9.84. The second-order valence-corrected chi connectivity index (χ2v) is 12.2. The van der Waals surface area contributed by atoms with Crippen LogP contribution in [0.25, 0.3) is 0 Å². The number of esters is 1. The fraction of sp³-hybridized carbons (Fsp3) is 0.886. The molecule has 0 aromatic heterocycles. The molecule has 1 aliphatic carbocycles. The van der Waals surface area contributed by atoms with Gasteiger partial charge >= 0.3 is 11.9 Å². The number of hydrogen-bond acceptors (Lipinski definition) is 3. The molecule has 1 aliphatic rings. The van der Waals surface area contributed by atoms with Crippen molar-refractivity contribution in [2.24, 2.45) is 11.8 Å². The summed E-state index contributed by atoms with van der Waals surface area (Å²) >= 11 is 0. The van der Waals surface area contributed by atoms with E-state index in [2.05, 4.69) is 13.8 Å². The summed E-state index contributed by atoms with van der Waals surface area (Å²) in [6.07, 6.45) is 35.5. The zero-order chi connectivity index (χ0) is 28.4. The Hall–Kier alpha value is -1.32. The summed E-state index contributed by atoms with van der Waals surface area (Å²) in [5.74, 6) is -2.48. The van der Waals surface area contributed by atoms with Gasteiger partial charge in [0.25, 0.3) is 0 Å². The van der Waals surface area contributed by atoms with Crippen LogP contribution >= 0.6 is 0 Å². The molecule has 39 heavy (non-hydrogen) atoms. The SMILES string of the molecule is CCCCCCCCCCCCCC(CCCCCCCCCCCCC)OC(=O)C1C=CCCC1C(=O)O. The van der Waals surface area contributed by atoms with Gasteiger partial charge in [0, 0.05) is 0 Å². The molecule has 4 heteroatoms. The predicted molar refractivity (Wildman–Crippen MR) is 165 cm³/mol. The number of carboxylic acid groups (broad SMARTS) is 1. The van der Waals surface area contributed by atoms with Gasteiger partial charge in [0.2, 0.25) is 0 Å². The van der Waals surface area contributed by atoms with Crippen LogP contribution in [0.4, 0.5) is 0 Å². The molecule has 0 aromatic carbocycles. The minimum absolute atomic E-state index is 0.0700. The summed E-state index contributed by atoms with van der Waals surface area (Å²) in [5.41, 5.74) is 0. The zero-order valence-corrected chi connectivity index (χ0v) is 25.9. The Bertz CT molecular complexity index is 588. The number of carbonyl (C=O) groups excluding carboxylic acids is 1. The first kappa shape index (κ1) is 35.7. The smallest absolute Gasteiger partial charge is 0.313 e. The van der Waals surface area contributed by atoms with Crippen LogP contribution in [0.1, 0.15) is 181 Å². The number of ether oxygens (including phenoxy) is 1. The number of hydrogen-bond donors (Lipinski definition) is 1. The highest BCUT2D eigenvalue weighted by Gasteiger charge is 2.35. The maximum atomic E-state index is 13.0.